The molecule has 1 fully saturated rings. The number of methoxy groups -OCH3 is 1. The molecule has 3 aromatic rings. The van der Waals surface area contributed by atoms with Crippen molar-refractivity contribution in [2.24, 2.45) is 0 Å². The Morgan fingerprint density at radius 3 is 2.48 bits per heavy atom. The van der Waals surface area contributed by atoms with Crippen LogP contribution in [0.4, 0.5) is 0 Å². The highest BCUT2D eigenvalue weighted by Gasteiger charge is 2.49. The van der Waals surface area contributed by atoms with Crippen LogP contribution in [0.3, 0.4) is 0 Å². The minimum absolute atomic E-state index is 0.0998. The Bertz CT molecular complexity index is 1650. The summed E-state index contributed by atoms with van der Waals surface area (Å²) in [6, 6.07) is 16.8. The van der Waals surface area contributed by atoms with Crippen molar-refractivity contribution in [1.29, 1.82) is 0 Å². The number of nitrogens with one attached hydrogen (secondary N) is 2. The van der Waals surface area contributed by atoms with E-state index in [1.54, 1.807) is 65.6 Å². The molecule has 0 saturated heterocycles. The maximum atomic E-state index is 14.3. The van der Waals surface area contributed by atoms with E-state index in [0.717, 1.165) is 19.1 Å². The second-order valence-electron chi connectivity index (χ2n) is 10.9. The van der Waals surface area contributed by atoms with E-state index in [0.29, 0.717) is 40.2 Å². The van der Waals surface area contributed by atoms with E-state index in [4.69, 9.17) is 21.2 Å². The quantitative estimate of drug-likeness (QED) is 0.265. The van der Waals surface area contributed by atoms with Gasteiger partial charge in [-0.3, -0.25) is 14.4 Å². The van der Waals surface area contributed by atoms with Crippen molar-refractivity contribution in [3.63, 3.8) is 0 Å². The first-order chi connectivity index (χ1) is 21.1. The number of halogens is 1. The van der Waals surface area contributed by atoms with Crippen LogP contribution in [0.15, 0.2) is 66.7 Å². The van der Waals surface area contributed by atoms with Gasteiger partial charge in [-0.25, -0.2) is 28.4 Å². The number of rotatable bonds is 9. The molecule has 1 saturated carbocycles. The summed E-state index contributed by atoms with van der Waals surface area (Å²) in [4.78, 5) is 51.7. The van der Waals surface area contributed by atoms with Gasteiger partial charge in [0.15, 0.2) is 0 Å². The van der Waals surface area contributed by atoms with Gasteiger partial charge < -0.3 is 9.64 Å². The summed E-state index contributed by atoms with van der Waals surface area (Å²) < 4.78 is 32.1. The summed E-state index contributed by atoms with van der Waals surface area (Å²) in [5.41, 5.74) is 4.56. The van der Waals surface area contributed by atoms with Gasteiger partial charge in [0, 0.05) is 22.7 Å². The SMILES string of the molecule is COC(=O)c1cccc(CONC(=O)[C@@H]2c3ccccc3C(=O)N([C@H]3CCCC[C@@H]3NS(C)(=O)=O)[C@H]2c2ccc(Cl)cc2)n1. The molecule has 5 rings (SSSR count). The number of fused-ring (bicyclic) bond motifs is 1. The molecule has 2 heterocycles. The van der Waals surface area contributed by atoms with Crippen LogP contribution in [0.5, 0.6) is 0 Å². The van der Waals surface area contributed by atoms with Gasteiger partial charge in [-0.1, -0.05) is 60.8 Å². The van der Waals surface area contributed by atoms with Crippen LogP contribution in [-0.2, 0) is 31.0 Å². The van der Waals surface area contributed by atoms with Crippen molar-refractivity contribution < 1.29 is 32.4 Å². The van der Waals surface area contributed by atoms with Gasteiger partial charge in [0.25, 0.3) is 11.8 Å². The molecule has 2 amide bonds. The Hall–Kier alpha value is -3.84. The van der Waals surface area contributed by atoms with Crippen molar-refractivity contribution in [3.05, 3.63) is 99.8 Å². The topological polar surface area (TPSA) is 144 Å². The largest absolute Gasteiger partial charge is 0.464 e. The molecule has 1 aromatic heterocycles. The molecule has 0 bridgehead atoms. The van der Waals surface area contributed by atoms with Crippen LogP contribution in [-0.4, -0.2) is 61.5 Å². The first-order valence-electron chi connectivity index (χ1n) is 14.2. The Morgan fingerprint density at radius 2 is 1.75 bits per heavy atom. The molecule has 232 valence electrons. The van der Waals surface area contributed by atoms with Gasteiger partial charge in [0.1, 0.15) is 12.3 Å². The van der Waals surface area contributed by atoms with Gasteiger partial charge in [0.2, 0.25) is 10.0 Å². The lowest BCUT2D eigenvalue weighted by Crippen LogP contribution is -2.59. The highest BCUT2D eigenvalue weighted by atomic mass is 35.5. The maximum Gasteiger partial charge on any atom is 0.356 e. The number of esters is 1. The number of benzene rings is 2. The number of carbonyl (C=O) groups is 3. The van der Waals surface area contributed by atoms with E-state index in [2.05, 4.69) is 15.2 Å². The number of hydrogen-bond acceptors (Lipinski definition) is 8. The average molecular weight is 641 g/mol. The van der Waals surface area contributed by atoms with Gasteiger partial charge in [-0.2, -0.15) is 0 Å². The lowest BCUT2D eigenvalue weighted by Gasteiger charge is -2.49. The van der Waals surface area contributed by atoms with E-state index in [1.165, 1.54) is 13.2 Å². The van der Waals surface area contributed by atoms with Gasteiger partial charge >= 0.3 is 5.97 Å². The number of ether oxygens (including phenoxy) is 1. The number of nitrogens with zero attached hydrogens (tertiary/aromatic N) is 2. The summed E-state index contributed by atoms with van der Waals surface area (Å²) in [6.45, 7) is -0.137. The first-order valence-corrected chi connectivity index (χ1v) is 16.4. The number of sulfonamides is 1. The molecular weight excluding hydrogens is 608 g/mol. The molecule has 13 heteroatoms. The number of hydroxylamine groups is 1. The Balaban J connectivity index is 1.52. The predicted molar refractivity (Wildman–Crippen MR) is 162 cm³/mol. The summed E-state index contributed by atoms with van der Waals surface area (Å²) in [6.07, 6.45) is 3.80. The van der Waals surface area contributed by atoms with Crippen LogP contribution in [0.25, 0.3) is 0 Å². The molecule has 1 aliphatic heterocycles. The van der Waals surface area contributed by atoms with E-state index in [1.807, 2.05) is 0 Å². The van der Waals surface area contributed by atoms with E-state index >= 15 is 0 Å². The number of carbonyl (C=O) groups excluding carboxylic acids is 3. The standard InChI is InChI=1S/C31H33ClN4O7S/c1-42-31(39)25-12-7-8-21(33-25)18-43-34-29(37)27-22-9-3-4-10-23(22)30(38)36(28(27)19-14-16-20(32)17-15-19)26-13-6-5-11-24(26)35-44(2,40)41/h3-4,7-10,12,14-17,24,26-28,35H,5-6,11,13,18H2,1-2H3,(H,34,37)/t24-,26-,27+,28-/m0/s1. The molecule has 4 atom stereocenters. The maximum absolute atomic E-state index is 14.3. The fraction of sp³-hybridized carbons (Fsp3) is 0.355. The predicted octanol–water partition coefficient (Wildman–Crippen LogP) is 3.91. The third-order valence-electron chi connectivity index (χ3n) is 7.92. The molecule has 1 aliphatic carbocycles. The zero-order valence-corrected chi connectivity index (χ0v) is 25.8. The fourth-order valence-electron chi connectivity index (χ4n) is 6.09. The van der Waals surface area contributed by atoms with Crippen molar-refractivity contribution in [3.8, 4) is 0 Å². The molecule has 0 unspecified atom stereocenters. The lowest BCUT2D eigenvalue weighted by molar-refractivity contribution is -0.138. The monoisotopic (exact) mass is 640 g/mol. The summed E-state index contributed by atoms with van der Waals surface area (Å²) in [5, 5.41) is 0.489. The highest BCUT2D eigenvalue weighted by molar-refractivity contribution is 7.88. The van der Waals surface area contributed by atoms with Crippen LogP contribution in [0, 0.1) is 0 Å². The Labute approximate surface area is 260 Å². The number of aromatic nitrogens is 1. The second kappa shape index (κ2) is 13.4. The molecule has 0 spiro atoms. The summed E-state index contributed by atoms with van der Waals surface area (Å²) in [7, 11) is -2.32. The Morgan fingerprint density at radius 1 is 1.02 bits per heavy atom. The minimum atomic E-state index is -3.58. The number of hydrogen-bond donors (Lipinski definition) is 2. The van der Waals surface area contributed by atoms with Crippen LogP contribution < -0.4 is 10.2 Å². The first kappa shape index (κ1) is 31.6. The van der Waals surface area contributed by atoms with Crippen molar-refractivity contribution in [2.75, 3.05) is 13.4 Å². The van der Waals surface area contributed by atoms with E-state index in [9.17, 15) is 22.8 Å². The minimum Gasteiger partial charge on any atom is -0.464 e. The summed E-state index contributed by atoms with van der Waals surface area (Å²) >= 11 is 6.22. The van der Waals surface area contributed by atoms with Gasteiger partial charge in [-0.15, -0.1) is 0 Å². The van der Waals surface area contributed by atoms with Crippen LogP contribution >= 0.6 is 11.6 Å². The molecule has 2 aliphatic rings. The Kier molecular flexibility index (Phi) is 9.64. The molecule has 2 N–H and O–H groups in total. The lowest BCUT2D eigenvalue weighted by atomic mass is 9.76. The normalized spacial score (nSPS) is 21.8. The van der Waals surface area contributed by atoms with Crippen LogP contribution in [0.1, 0.15) is 75.3 Å². The second-order valence-corrected chi connectivity index (χ2v) is 13.1. The molecule has 44 heavy (non-hydrogen) atoms. The number of amides is 2. The average Bonchev–Trinajstić information content (AvgIpc) is 3.01. The van der Waals surface area contributed by atoms with Crippen LogP contribution in [0.2, 0.25) is 5.02 Å². The highest BCUT2D eigenvalue weighted by Crippen LogP contribution is 2.46. The molecule has 0 radical (unpaired) electrons. The zero-order chi connectivity index (χ0) is 31.4. The van der Waals surface area contributed by atoms with Crippen molar-refractivity contribution >= 4 is 39.4 Å². The van der Waals surface area contributed by atoms with Crippen molar-refractivity contribution in [2.45, 2.75) is 56.3 Å². The van der Waals surface area contributed by atoms with Gasteiger partial charge in [-0.05, 0) is 54.3 Å². The number of pyridine rings is 1. The van der Waals surface area contributed by atoms with E-state index < -0.39 is 45.9 Å². The van der Waals surface area contributed by atoms with E-state index in [-0.39, 0.29) is 18.2 Å². The summed E-state index contributed by atoms with van der Waals surface area (Å²) in [5.74, 6) is -2.32. The molecular formula is C31H33ClN4O7S. The van der Waals surface area contributed by atoms with Crippen molar-refractivity contribution in [1.82, 2.24) is 20.1 Å². The molecule has 11 nitrogen and oxygen atoms in total. The fourth-order valence-corrected chi connectivity index (χ4v) is 7.04. The van der Waals surface area contributed by atoms with Gasteiger partial charge in [0.05, 0.1) is 31.0 Å². The zero-order valence-electron chi connectivity index (χ0n) is 24.2. The third-order valence-corrected chi connectivity index (χ3v) is 8.90. The third kappa shape index (κ3) is 6.94. The molecule has 2 aromatic carbocycles. The smallest absolute Gasteiger partial charge is 0.356 e.